The first-order chi connectivity index (χ1) is 9.55. The van der Waals surface area contributed by atoms with Gasteiger partial charge in [0.15, 0.2) is 11.6 Å². The standard InChI is InChI=1S/C15H20N4S/c1-15(2)7-8-19(9-10-20-15)14-13(16)17-11-5-3-4-6-12(11)18-14/h3-6H,7-10H2,1-2H3,(H2,16,17). The van der Waals surface area contributed by atoms with Crippen molar-refractivity contribution in [3.05, 3.63) is 24.3 Å². The van der Waals surface area contributed by atoms with Crippen LogP contribution in [0, 0.1) is 0 Å². The van der Waals surface area contributed by atoms with Gasteiger partial charge >= 0.3 is 0 Å². The van der Waals surface area contributed by atoms with Gasteiger partial charge in [0.05, 0.1) is 11.0 Å². The van der Waals surface area contributed by atoms with Crippen LogP contribution in [-0.4, -0.2) is 33.6 Å². The first-order valence-corrected chi connectivity index (χ1v) is 7.95. The summed E-state index contributed by atoms with van der Waals surface area (Å²) in [4.78, 5) is 11.5. The number of nitrogen functional groups attached to an aromatic ring is 1. The number of fused-ring (bicyclic) bond motifs is 1. The summed E-state index contributed by atoms with van der Waals surface area (Å²) in [6.45, 7) is 6.57. The number of aromatic nitrogens is 2. The van der Waals surface area contributed by atoms with Gasteiger partial charge in [-0.3, -0.25) is 0 Å². The van der Waals surface area contributed by atoms with E-state index in [9.17, 15) is 0 Å². The molecule has 0 aliphatic carbocycles. The fourth-order valence-electron chi connectivity index (χ4n) is 2.47. The third kappa shape index (κ3) is 2.68. The van der Waals surface area contributed by atoms with Crippen molar-refractivity contribution in [1.82, 2.24) is 9.97 Å². The Bertz CT molecular complexity index is 626. The third-order valence-electron chi connectivity index (χ3n) is 3.72. The summed E-state index contributed by atoms with van der Waals surface area (Å²) in [5, 5.41) is 0. The molecule has 0 amide bonds. The quantitative estimate of drug-likeness (QED) is 0.874. The van der Waals surface area contributed by atoms with Crippen LogP contribution >= 0.6 is 11.8 Å². The highest BCUT2D eigenvalue weighted by Gasteiger charge is 2.25. The summed E-state index contributed by atoms with van der Waals surface area (Å²) in [6.07, 6.45) is 1.13. The van der Waals surface area contributed by atoms with Crippen LogP contribution in [0.15, 0.2) is 24.3 Å². The molecular weight excluding hydrogens is 268 g/mol. The van der Waals surface area contributed by atoms with E-state index in [0.29, 0.717) is 10.6 Å². The molecule has 1 aliphatic heterocycles. The molecule has 1 fully saturated rings. The predicted octanol–water partition coefficient (Wildman–Crippen LogP) is 2.93. The molecule has 106 valence electrons. The highest BCUT2D eigenvalue weighted by atomic mass is 32.2. The van der Waals surface area contributed by atoms with Gasteiger partial charge in [-0.15, -0.1) is 0 Å². The van der Waals surface area contributed by atoms with Crippen molar-refractivity contribution in [3.8, 4) is 0 Å². The van der Waals surface area contributed by atoms with Crippen LogP contribution in [0.25, 0.3) is 11.0 Å². The second kappa shape index (κ2) is 5.13. The molecule has 2 heterocycles. The Morgan fingerprint density at radius 2 is 1.85 bits per heavy atom. The lowest BCUT2D eigenvalue weighted by Crippen LogP contribution is -2.28. The van der Waals surface area contributed by atoms with E-state index in [1.54, 1.807) is 0 Å². The van der Waals surface area contributed by atoms with Gasteiger partial charge in [0, 0.05) is 23.6 Å². The lowest BCUT2D eigenvalue weighted by Gasteiger charge is -2.24. The summed E-state index contributed by atoms with van der Waals surface area (Å²) in [5.74, 6) is 2.47. The van der Waals surface area contributed by atoms with Crippen molar-refractivity contribution in [3.63, 3.8) is 0 Å². The van der Waals surface area contributed by atoms with E-state index in [-0.39, 0.29) is 0 Å². The fourth-order valence-corrected chi connectivity index (χ4v) is 3.57. The smallest absolute Gasteiger partial charge is 0.172 e. The monoisotopic (exact) mass is 288 g/mol. The molecule has 4 nitrogen and oxygen atoms in total. The van der Waals surface area contributed by atoms with Gasteiger partial charge in [0.1, 0.15) is 0 Å². The molecule has 1 aromatic heterocycles. The predicted molar refractivity (Wildman–Crippen MR) is 87.3 cm³/mol. The normalized spacial score (nSPS) is 19.0. The molecule has 3 rings (SSSR count). The van der Waals surface area contributed by atoms with Gasteiger partial charge in [0.2, 0.25) is 0 Å². The Kier molecular flexibility index (Phi) is 3.46. The summed E-state index contributed by atoms with van der Waals surface area (Å²) < 4.78 is 0.327. The van der Waals surface area contributed by atoms with E-state index < -0.39 is 0 Å². The summed E-state index contributed by atoms with van der Waals surface area (Å²) >= 11 is 2.02. The zero-order valence-corrected chi connectivity index (χ0v) is 12.8. The van der Waals surface area contributed by atoms with Crippen molar-refractivity contribution in [2.45, 2.75) is 25.0 Å². The number of nitrogens with two attached hydrogens (primary N) is 1. The van der Waals surface area contributed by atoms with Crippen LogP contribution in [0.4, 0.5) is 11.6 Å². The number of para-hydroxylation sites is 2. The summed E-state index contributed by atoms with van der Waals surface area (Å²) in [5.41, 5.74) is 7.88. The highest BCUT2D eigenvalue weighted by Crippen LogP contribution is 2.33. The minimum atomic E-state index is 0.327. The van der Waals surface area contributed by atoms with E-state index in [0.717, 1.165) is 42.1 Å². The van der Waals surface area contributed by atoms with Crippen molar-refractivity contribution >= 4 is 34.4 Å². The summed E-state index contributed by atoms with van der Waals surface area (Å²) in [7, 11) is 0. The van der Waals surface area contributed by atoms with Crippen molar-refractivity contribution in [1.29, 1.82) is 0 Å². The Balaban J connectivity index is 1.95. The van der Waals surface area contributed by atoms with Gasteiger partial charge in [-0.1, -0.05) is 26.0 Å². The number of thioether (sulfide) groups is 1. The van der Waals surface area contributed by atoms with Crippen molar-refractivity contribution < 1.29 is 0 Å². The third-order valence-corrected chi connectivity index (χ3v) is 5.09. The van der Waals surface area contributed by atoms with Crippen molar-refractivity contribution in [2.75, 3.05) is 29.5 Å². The SMILES string of the molecule is CC1(C)CCN(c2nc3ccccc3nc2N)CCS1. The molecule has 1 saturated heterocycles. The van der Waals surface area contributed by atoms with E-state index in [4.69, 9.17) is 10.7 Å². The zero-order chi connectivity index (χ0) is 14.2. The Labute approximate surface area is 123 Å². The Morgan fingerprint density at radius 3 is 2.60 bits per heavy atom. The molecule has 0 atom stereocenters. The van der Waals surface area contributed by atoms with Crippen molar-refractivity contribution in [2.24, 2.45) is 0 Å². The molecule has 0 unspecified atom stereocenters. The van der Waals surface area contributed by atoms with Gasteiger partial charge < -0.3 is 10.6 Å². The van der Waals surface area contributed by atoms with E-state index >= 15 is 0 Å². The number of rotatable bonds is 1. The number of nitrogens with zero attached hydrogens (tertiary/aromatic N) is 3. The first-order valence-electron chi connectivity index (χ1n) is 6.96. The average Bonchev–Trinajstić information content (AvgIpc) is 2.59. The number of hydrogen-bond donors (Lipinski definition) is 1. The molecule has 1 aromatic carbocycles. The minimum Gasteiger partial charge on any atom is -0.381 e. The van der Waals surface area contributed by atoms with Gasteiger partial charge in [-0.2, -0.15) is 11.8 Å². The van der Waals surface area contributed by atoms with E-state index in [1.807, 2.05) is 36.0 Å². The Morgan fingerprint density at radius 1 is 1.15 bits per heavy atom. The van der Waals surface area contributed by atoms with E-state index in [2.05, 4.69) is 23.7 Å². The first kappa shape index (κ1) is 13.5. The molecule has 0 spiro atoms. The van der Waals surface area contributed by atoms with Crippen LogP contribution in [0.2, 0.25) is 0 Å². The maximum absolute atomic E-state index is 6.11. The average molecular weight is 288 g/mol. The largest absolute Gasteiger partial charge is 0.381 e. The molecular formula is C15H20N4S. The van der Waals surface area contributed by atoms with Crippen LogP contribution in [0.5, 0.6) is 0 Å². The fraction of sp³-hybridized carbons (Fsp3) is 0.467. The molecule has 2 N–H and O–H groups in total. The summed E-state index contributed by atoms with van der Waals surface area (Å²) in [6, 6.07) is 7.88. The second-order valence-corrected chi connectivity index (χ2v) is 7.57. The maximum Gasteiger partial charge on any atom is 0.172 e. The lowest BCUT2D eigenvalue weighted by atomic mass is 10.1. The van der Waals surface area contributed by atoms with E-state index in [1.165, 1.54) is 0 Å². The highest BCUT2D eigenvalue weighted by molar-refractivity contribution is 8.00. The molecule has 0 radical (unpaired) electrons. The second-order valence-electron chi connectivity index (χ2n) is 5.77. The maximum atomic E-state index is 6.11. The van der Waals surface area contributed by atoms with Gasteiger partial charge in [0.25, 0.3) is 0 Å². The minimum absolute atomic E-state index is 0.327. The zero-order valence-electron chi connectivity index (χ0n) is 12.0. The molecule has 2 aromatic rings. The number of hydrogen-bond acceptors (Lipinski definition) is 5. The molecule has 0 bridgehead atoms. The van der Waals surface area contributed by atoms with Gasteiger partial charge in [-0.25, -0.2) is 9.97 Å². The lowest BCUT2D eigenvalue weighted by molar-refractivity contribution is 0.635. The van der Waals surface area contributed by atoms with Crippen LogP contribution < -0.4 is 10.6 Å². The van der Waals surface area contributed by atoms with Crippen LogP contribution in [-0.2, 0) is 0 Å². The molecule has 5 heteroatoms. The number of benzene rings is 1. The Hall–Kier alpha value is -1.49. The van der Waals surface area contributed by atoms with Gasteiger partial charge in [-0.05, 0) is 18.6 Å². The molecule has 1 aliphatic rings. The van der Waals surface area contributed by atoms with Crippen LogP contribution in [0.3, 0.4) is 0 Å². The molecule has 20 heavy (non-hydrogen) atoms. The molecule has 0 saturated carbocycles. The topological polar surface area (TPSA) is 55.0 Å². The number of anilines is 2. The van der Waals surface area contributed by atoms with Crippen LogP contribution in [0.1, 0.15) is 20.3 Å².